The number of carbonyl (C=O) groups is 3. The lowest BCUT2D eigenvalue weighted by Crippen LogP contribution is -2.70. The Morgan fingerprint density at radius 1 is 1.06 bits per heavy atom. The fourth-order valence-corrected chi connectivity index (χ4v) is 5.17. The number of carboxylic acid groups (broad SMARTS) is 1. The Labute approximate surface area is 200 Å². The molecule has 0 bridgehead atoms. The van der Waals surface area contributed by atoms with Crippen LogP contribution in [-0.4, -0.2) is 53.2 Å². The van der Waals surface area contributed by atoms with Gasteiger partial charge in [0.1, 0.15) is 18.7 Å². The standard InChI is InChI=1S/C27H32N2O5/c1-26(2,3)21(23(30)29-15-27(4,5)22(29)24(31)32)28-25(33)34-14-20-18-12-8-6-10-16(18)17-11-7-9-13-19(17)20/h6-13,20-22H,14-15H2,1-5H3,(H,28,33)(H,31,32)/t21-,22?/m1/s1. The van der Waals surface area contributed by atoms with Gasteiger partial charge in [-0.05, 0) is 27.7 Å². The van der Waals surface area contributed by atoms with Gasteiger partial charge in [0, 0.05) is 17.9 Å². The normalized spacial score (nSPS) is 19.4. The van der Waals surface area contributed by atoms with Gasteiger partial charge in [-0.1, -0.05) is 83.1 Å². The van der Waals surface area contributed by atoms with Crippen LogP contribution in [0, 0.1) is 10.8 Å². The van der Waals surface area contributed by atoms with E-state index < -0.39 is 40.9 Å². The Morgan fingerprint density at radius 3 is 2.06 bits per heavy atom. The maximum Gasteiger partial charge on any atom is 0.407 e. The molecule has 4 rings (SSSR count). The molecule has 2 amide bonds. The van der Waals surface area contributed by atoms with E-state index in [9.17, 15) is 19.5 Å². The average molecular weight is 465 g/mol. The van der Waals surface area contributed by atoms with E-state index in [0.717, 1.165) is 22.3 Å². The van der Waals surface area contributed by atoms with Gasteiger partial charge in [0.15, 0.2) is 0 Å². The number of nitrogens with one attached hydrogen (secondary N) is 1. The molecule has 2 atom stereocenters. The first-order chi connectivity index (χ1) is 15.9. The molecule has 7 heteroatoms. The van der Waals surface area contributed by atoms with E-state index in [1.54, 1.807) is 0 Å². The molecule has 1 unspecified atom stereocenters. The highest BCUT2D eigenvalue weighted by Gasteiger charge is 2.54. The molecule has 1 heterocycles. The van der Waals surface area contributed by atoms with Crippen LogP contribution in [0.2, 0.25) is 0 Å². The van der Waals surface area contributed by atoms with Crippen LogP contribution in [-0.2, 0) is 14.3 Å². The maximum absolute atomic E-state index is 13.3. The number of aliphatic carboxylic acids is 1. The molecule has 34 heavy (non-hydrogen) atoms. The quantitative estimate of drug-likeness (QED) is 0.689. The number of alkyl carbamates (subject to hydrolysis) is 1. The van der Waals surface area contributed by atoms with Crippen molar-refractivity contribution < 1.29 is 24.2 Å². The van der Waals surface area contributed by atoms with E-state index in [4.69, 9.17) is 4.74 Å². The molecule has 2 N–H and O–H groups in total. The van der Waals surface area contributed by atoms with Crippen molar-refractivity contribution in [3.63, 3.8) is 0 Å². The van der Waals surface area contributed by atoms with Gasteiger partial charge in [0.05, 0.1) is 0 Å². The lowest BCUT2D eigenvalue weighted by Gasteiger charge is -2.53. The summed E-state index contributed by atoms with van der Waals surface area (Å²) in [5.74, 6) is -1.54. The Bertz CT molecular complexity index is 1090. The molecule has 0 radical (unpaired) electrons. The van der Waals surface area contributed by atoms with Crippen LogP contribution in [0.3, 0.4) is 0 Å². The van der Waals surface area contributed by atoms with Crippen LogP contribution in [0.25, 0.3) is 11.1 Å². The number of fused-ring (bicyclic) bond motifs is 3. The molecule has 1 fully saturated rings. The fourth-order valence-electron chi connectivity index (χ4n) is 5.17. The summed E-state index contributed by atoms with van der Waals surface area (Å²) >= 11 is 0. The summed E-state index contributed by atoms with van der Waals surface area (Å²) in [6.45, 7) is 9.60. The zero-order chi connectivity index (χ0) is 24.8. The third kappa shape index (κ3) is 4.15. The Balaban J connectivity index is 1.47. The Kier molecular flexibility index (Phi) is 5.92. The topological polar surface area (TPSA) is 95.9 Å². The third-order valence-electron chi connectivity index (χ3n) is 6.87. The van der Waals surface area contributed by atoms with Gasteiger partial charge in [-0.2, -0.15) is 0 Å². The minimum Gasteiger partial charge on any atom is -0.480 e. The van der Waals surface area contributed by atoms with Crippen LogP contribution in [0.15, 0.2) is 48.5 Å². The van der Waals surface area contributed by atoms with Crippen molar-refractivity contribution in [2.75, 3.05) is 13.2 Å². The zero-order valence-electron chi connectivity index (χ0n) is 20.3. The van der Waals surface area contributed by atoms with E-state index in [0.29, 0.717) is 6.54 Å². The van der Waals surface area contributed by atoms with Crippen molar-refractivity contribution >= 4 is 18.0 Å². The van der Waals surface area contributed by atoms with Crippen LogP contribution >= 0.6 is 0 Å². The molecule has 0 spiro atoms. The molecular formula is C27H32N2O5. The summed E-state index contributed by atoms with van der Waals surface area (Å²) in [4.78, 5) is 39.2. The van der Waals surface area contributed by atoms with Crippen LogP contribution in [0.4, 0.5) is 4.79 Å². The predicted octanol–water partition coefficient (Wildman–Crippen LogP) is 4.26. The second kappa shape index (κ2) is 8.46. The first-order valence-electron chi connectivity index (χ1n) is 11.6. The number of carbonyl (C=O) groups excluding carboxylic acids is 2. The van der Waals surface area contributed by atoms with Gasteiger partial charge in [-0.15, -0.1) is 0 Å². The highest BCUT2D eigenvalue weighted by molar-refractivity contribution is 5.92. The number of carboxylic acids is 1. The average Bonchev–Trinajstić information content (AvgIpc) is 3.06. The first kappa shape index (κ1) is 23.8. The SMILES string of the molecule is CC1(C)CN(C(=O)[C@@H](NC(=O)OCC2c3ccccc3-c3ccccc32)C(C)(C)C)C1C(=O)O. The van der Waals surface area contributed by atoms with E-state index >= 15 is 0 Å². The highest BCUT2D eigenvalue weighted by Crippen LogP contribution is 2.44. The summed E-state index contributed by atoms with van der Waals surface area (Å²) in [6, 6.07) is 14.3. The number of rotatable bonds is 5. The molecule has 1 aliphatic heterocycles. The maximum atomic E-state index is 13.3. The molecule has 1 aliphatic carbocycles. The largest absolute Gasteiger partial charge is 0.480 e. The number of ether oxygens (including phenoxy) is 1. The number of benzene rings is 2. The molecule has 0 saturated carbocycles. The van der Waals surface area contributed by atoms with Gasteiger partial charge in [-0.25, -0.2) is 9.59 Å². The number of amides is 2. The van der Waals surface area contributed by atoms with E-state index in [-0.39, 0.29) is 12.5 Å². The number of likely N-dealkylation sites (tertiary alicyclic amines) is 1. The molecule has 2 aromatic rings. The summed E-state index contributed by atoms with van der Waals surface area (Å²) in [5, 5.41) is 12.3. The lowest BCUT2D eigenvalue weighted by atomic mass is 9.73. The minimum absolute atomic E-state index is 0.0884. The highest BCUT2D eigenvalue weighted by atomic mass is 16.5. The van der Waals surface area contributed by atoms with Crippen LogP contribution in [0.1, 0.15) is 51.7 Å². The lowest BCUT2D eigenvalue weighted by molar-refractivity contribution is -0.174. The molecular weight excluding hydrogens is 432 g/mol. The van der Waals surface area contributed by atoms with Crippen molar-refractivity contribution in [2.45, 2.75) is 52.6 Å². The molecule has 2 aromatic carbocycles. The third-order valence-corrected chi connectivity index (χ3v) is 6.87. The summed E-state index contributed by atoms with van der Waals surface area (Å²) in [6.07, 6.45) is -0.693. The Hall–Kier alpha value is -3.35. The van der Waals surface area contributed by atoms with Gasteiger partial charge in [0.2, 0.25) is 5.91 Å². The van der Waals surface area contributed by atoms with Gasteiger partial charge < -0.3 is 20.1 Å². The Morgan fingerprint density at radius 2 is 1.59 bits per heavy atom. The van der Waals surface area contributed by atoms with Gasteiger partial charge in [-0.3, -0.25) is 4.79 Å². The van der Waals surface area contributed by atoms with Crippen molar-refractivity contribution in [1.29, 1.82) is 0 Å². The van der Waals surface area contributed by atoms with E-state index in [2.05, 4.69) is 17.4 Å². The molecule has 2 aliphatic rings. The molecule has 1 saturated heterocycles. The minimum atomic E-state index is -1.04. The van der Waals surface area contributed by atoms with Crippen LogP contribution < -0.4 is 5.32 Å². The van der Waals surface area contributed by atoms with Crippen molar-refractivity contribution in [3.8, 4) is 11.1 Å². The monoisotopic (exact) mass is 464 g/mol. The van der Waals surface area contributed by atoms with Crippen LogP contribution in [0.5, 0.6) is 0 Å². The second-order valence-electron chi connectivity index (χ2n) is 11.0. The van der Waals surface area contributed by atoms with Crippen molar-refractivity contribution in [2.24, 2.45) is 10.8 Å². The van der Waals surface area contributed by atoms with Crippen molar-refractivity contribution in [1.82, 2.24) is 10.2 Å². The number of hydrogen-bond donors (Lipinski definition) is 2. The van der Waals surface area contributed by atoms with Crippen molar-refractivity contribution in [3.05, 3.63) is 59.7 Å². The van der Waals surface area contributed by atoms with Gasteiger partial charge in [0.25, 0.3) is 0 Å². The summed E-state index contributed by atoms with van der Waals surface area (Å²) in [5.41, 5.74) is 3.32. The summed E-state index contributed by atoms with van der Waals surface area (Å²) in [7, 11) is 0. The van der Waals surface area contributed by atoms with Gasteiger partial charge >= 0.3 is 12.1 Å². The smallest absolute Gasteiger partial charge is 0.407 e. The molecule has 180 valence electrons. The van der Waals surface area contributed by atoms with E-state index in [1.165, 1.54) is 4.90 Å². The predicted molar refractivity (Wildman–Crippen MR) is 128 cm³/mol. The van der Waals surface area contributed by atoms with E-state index in [1.807, 2.05) is 71.0 Å². The fraction of sp³-hybridized carbons (Fsp3) is 0.444. The zero-order valence-corrected chi connectivity index (χ0v) is 20.3. The molecule has 0 aromatic heterocycles. The number of nitrogens with zero attached hydrogens (tertiary/aromatic N) is 1. The second-order valence-corrected chi connectivity index (χ2v) is 11.0. The summed E-state index contributed by atoms with van der Waals surface area (Å²) < 4.78 is 5.63. The number of hydrogen-bond acceptors (Lipinski definition) is 4. The first-order valence-corrected chi connectivity index (χ1v) is 11.6. The molecule has 7 nitrogen and oxygen atoms in total.